The monoisotopic (exact) mass is 364 g/mol. The van der Waals surface area contributed by atoms with Crippen LogP contribution in [0, 0.1) is 13.8 Å². The molecule has 2 aromatic rings. The molecular formula is C18H21ClN2O2S. The maximum atomic E-state index is 11.2. The fourth-order valence-electron chi connectivity index (χ4n) is 3.18. The van der Waals surface area contributed by atoms with Crippen molar-refractivity contribution in [3.63, 3.8) is 0 Å². The number of halogens is 1. The normalized spacial score (nSPS) is 18.7. The number of hydrogen-bond acceptors (Lipinski definition) is 4. The molecule has 128 valence electrons. The first-order valence-electron chi connectivity index (χ1n) is 8.12. The van der Waals surface area contributed by atoms with Gasteiger partial charge in [0.1, 0.15) is 0 Å². The van der Waals surface area contributed by atoms with E-state index in [9.17, 15) is 9.90 Å². The summed E-state index contributed by atoms with van der Waals surface area (Å²) in [7, 11) is 0. The fourth-order valence-corrected chi connectivity index (χ4v) is 4.50. The van der Waals surface area contributed by atoms with Crippen molar-refractivity contribution >= 4 is 28.9 Å². The second-order valence-electron chi connectivity index (χ2n) is 6.35. The van der Waals surface area contributed by atoms with Crippen LogP contribution in [0.2, 0.25) is 5.02 Å². The van der Waals surface area contributed by atoms with Crippen LogP contribution in [0.15, 0.2) is 18.2 Å². The summed E-state index contributed by atoms with van der Waals surface area (Å²) in [6.45, 7) is 6.81. The van der Waals surface area contributed by atoms with E-state index in [1.165, 1.54) is 9.88 Å². The Morgan fingerprint density at radius 1 is 1.46 bits per heavy atom. The third-order valence-corrected chi connectivity index (χ3v) is 6.28. The highest BCUT2D eigenvalue weighted by molar-refractivity contribution is 7.11. The molecule has 1 saturated heterocycles. The molecule has 0 amide bonds. The fraction of sp³-hybridized carbons (Fsp3) is 0.444. The molecule has 1 N–H and O–H groups in total. The summed E-state index contributed by atoms with van der Waals surface area (Å²) in [5, 5.41) is 10.8. The molecule has 2 heterocycles. The number of rotatable bonds is 4. The molecule has 0 radical (unpaired) electrons. The molecule has 1 aromatic heterocycles. The van der Waals surface area contributed by atoms with Crippen LogP contribution in [-0.2, 0) is 6.54 Å². The Balaban J connectivity index is 1.74. The number of benzene rings is 1. The van der Waals surface area contributed by atoms with Crippen LogP contribution in [0.1, 0.15) is 50.3 Å². The summed E-state index contributed by atoms with van der Waals surface area (Å²) < 4.78 is 0. The minimum atomic E-state index is -0.980. The van der Waals surface area contributed by atoms with Gasteiger partial charge in [-0.2, -0.15) is 0 Å². The molecule has 0 spiro atoms. The van der Waals surface area contributed by atoms with Crippen molar-refractivity contribution < 1.29 is 9.90 Å². The Kier molecular flexibility index (Phi) is 5.23. The number of thiazole rings is 1. The number of carboxylic acids is 1. The van der Waals surface area contributed by atoms with Crippen molar-refractivity contribution in [1.29, 1.82) is 0 Å². The smallest absolute Gasteiger partial charge is 0.337 e. The van der Waals surface area contributed by atoms with Gasteiger partial charge in [0.15, 0.2) is 0 Å². The van der Waals surface area contributed by atoms with Crippen molar-refractivity contribution in [3.05, 3.63) is 49.9 Å². The highest BCUT2D eigenvalue weighted by Crippen LogP contribution is 2.32. The zero-order valence-electron chi connectivity index (χ0n) is 13.9. The third-order valence-electron chi connectivity index (χ3n) is 4.60. The molecule has 0 aliphatic carbocycles. The Hall–Kier alpha value is -1.43. The van der Waals surface area contributed by atoms with Gasteiger partial charge in [-0.25, -0.2) is 9.78 Å². The number of carbonyl (C=O) groups is 1. The van der Waals surface area contributed by atoms with Crippen LogP contribution < -0.4 is 0 Å². The van der Waals surface area contributed by atoms with Gasteiger partial charge >= 0.3 is 5.97 Å². The third kappa shape index (κ3) is 3.63. The SMILES string of the molecule is Cc1nc(C2CCCN(Cc3cccc(C(=O)O)c3Cl)C2)sc1C. The van der Waals surface area contributed by atoms with E-state index in [0.717, 1.165) is 37.2 Å². The molecular weight excluding hydrogens is 344 g/mol. The van der Waals surface area contributed by atoms with Crippen molar-refractivity contribution in [1.82, 2.24) is 9.88 Å². The van der Waals surface area contributed by atoms with Crippen LogP contribution in [-0.4, -0.2) is 34.0 Å². The van der Waals surface area contributed by atoms with Crippen LogP contribution in [0.5, 0.6) is 0 Å². The van der Waals surface area contributed by atoms with Crippen molar-refractivity contribution in [2.24, 2.45) is 0 Å². The Morgan fingerprint density at radius 3 is 2.92 bits per heavy atom. The predicted octanol–water partition coefficient (Wildman–Crippen LogP) is 4.49. The van der Waals surface area contributed by atoms with Gasteiger partial charge in [0, 0.05) is 23.9 Å². The Morgan fingerprint density at radius 2 is 2.25 bits per heavy atom. The van der Waals surface area contributed by atoms with E-state index in [4.69, 9.17) is 16.6 Å². The molecule has 1 aliphatic heterocycles. The van der Waals surface area contributed by atoms with Crippen LogP contribution in [0.4, 0.5) is 0 Å². The number of carboxylic acid groups (broad SMARTS) is 1. The topological polar surface area (TPSA) is 53.4 Å². The van der Waals surface area contributed by atoms with E-state index in [2.05, 4.69) is 18.7 Å². The molecule has 1 aliphatic rings. The lowest BCUT2D eigenvalue weighted by atomic mass is 9.98. The predicted molar refractivity (Wildman–Crippen MR) is 97.3 cm³/mol. The maximum Gasteiger partial charge on any atom is 0.337 e. The summed E-state index contributed by atoms with van der Waals surface area (Å²) in [6.07, 6.45) is 2.28. The van der Waals surface area contributed by atoms with Gasteiger partial charge < -0.3 is 5.11 Å². The maximum absolute atomic E-state index is 11.2. The van der Waals surface area contributed by atoms with Crippen molar-refractivity contribution in [2.75, 3.05) is 13.1 Å². The molecule has 3 rings (SSSR count). The minimum Gasteiger partial charge on any atom is -0.478 e. The zero-order valence-corrected chi connectivity index (χ0v) is 15.5. The number of aromatic nitrogens is 1. The number of nitrogens with zero attached hydrogens (tertiary/aromatic N) is 2. The van der Waals surface area contributed by atoms with E-state index in [1.807, 2.05) is 6.07 Å². The van der Waals surface area contributed by atoms with Gasteiger partial charge in [-0.1, -0.05) is 23.7 Å². The molecule has 1 atom stereocenters. The largest absolute Gasteiger partial charge is 0.478 e. The highest BCUT2D eigenvalue weighted by Gasteiger charge is 2.25. The minimum absolute atomic E-state index is 0.175. The van der Waals surface area contributed by atoms with Gasteiger partial charge in [-0.05, 0) is 44.9 Å². The summed E-state index contributed by atoms with van der Waals surface area (Å²) >= 11 is 8.08. The van der Waals surface area contributed by atoms with Gasteiger partial charge in [-0.3, -0.25) is 4.90 Å². The van der Waals surface area contributed by atoms with E-state index in [-0.39, 0.29) is 5.56 Å². The van der Waals surface area contributed by atoms with Gasteiger partial charge in [-0.15, -0.1) is 11.3 Å². The van der Waals surface area contributed by atoms with E-state index < -0.39 is 5.97 Å². The van der Waals surface area contributed by atoms with E-state index >= 15 is 0 Å². The standard InChI is InChI=1S/C18H21ClN2O2S/c1-11-12(2)24-17(20-11)14-6-4-8-21(10-14)9-13-5-3-7-15(16(13)19)18(22)23/h3,5,7,14H,4,6,8-10H2,1-2H3,(H,22,23). The highest BCUT2D eigenvalue weighted by atomic mass is 35.5. The van der Waals surface area contributed by atoms with Crippen LogP contribution >= 0.6 is 22.9 Å². The number of piperidine rings is 1. The first kappa shape index (κ1) is 17.4. The summed E-state index contributed by atoms with van der Waals surface area (Å²) in [5.41, 5.74) is 2.18. The number of likely N-dealkylation sites (tertiary alicyclic amines) is 1. The molecule has 1 aromatic carbocycles. The number of aryl methyl sites for hydroxylation is 2. The average Bonchev–Trinajstić information content (AvgIpc) is 2.89. The summed E-state index contributed by atoms with van der Waals surface area (Å²) in [5.74, 6) is -0.523. The molecule has 4 nitrogen and oxygen atoms in total. The Labute approximate surface area is 151 Å². The summed E-state index contributed by atoms with van der Waals surface area (Å²) in [4.78, 5) is 19.6. The first-order valence-corrected chi connectivity index (χ1v) is 9.32. The lowest BCUT2D eigenvalue weighted by Crippen LogP contribution is -2.34. The van der Waals surface area contributed by atoms with Gasteiger partial charge in [0.25, 0.3) is 0 Å². The van der Waals surface area contributed by atoms with Crippen molar-refractivity contribution in [2.45, 2.75) is 39.2 Å². The Bertz CT molecular complexity index is 740. The second kappa shape index (κ2) is 7.21. The van der Waals surface area contributed by atoms with E-state index in [1.54, 1.807) is 23.5 Å². The molecule has 24 heavy (non-hydrogen) atoms. The molecule has 0 bridgehead atoms. The first-order chi connectivity index (χ1) is 11.5. The zero-order chi connectivity index (χ0) is 17.3. The van der Waals surface area contributed by atoms with Crippen molar-refractivity contribution in [3.8, 4) is 0 Å². The molecule has 6 heteroatoms. The van der Waals surface area contributed by atoms with E-state index in [0.29, 0.717) is 17.5 Å². The summed E-state index contributed by atoms with van der Waals surface area (Å²) in [6, 6.07) is 5.23. The van der Waals surface area contributed by atoms with Crippen LogP contribution in [0.3, 0.4) is 0 Å². The second-order valence-corrected chi connectivity index (χ2v) is 7.96. The number of hydrogen-bond donors (Lipinski definition) is 1. The quantitative estimate of drug-likeness (QED) is 0.868. The number of aromatic carboxylic acids is 1. The lowest BCUT2D eigenvalue weighted by molar-refractivity contribution is 0.0697. The lowest BCUT2D eigenvalue weighted by Gasteiger charge is -2.32. The average molecular weight is 365 g/mol. The van der Waals surface area contributed by atoms with Crippen LogP contribution in [0.25, 0.3) is 0 Å². The molecule has 0 saturated carbocycles. The molecule has 1 fully saturated rings. The van der Waals surface area contributed by atoms with Gasteiger partial charge in [0.05, 0.1) is 21.3 Å². The van der Waals surface area contributed by atoms with Gasteiger partial charge in [0.2, 0.25) is 0 Å². The molecule has 1 unspecified atom stereocenters.